The highest BCUT2D eigenvalue weighted by atomic mass is 35.5. The molecule has 0 aromatic heterocycles. The van der Waals surface area contributed by atoms with Gasteiger partial charge in [-0.3, -0.25) is 4.79 Å². The molecule has 0 heterocycles. The molecular weight excluding hydrogens is 256 g/mol. The van der Waals surface area contributed by atoms with Gasteiger partial charge in [-0.2, -0.15) is 5.26 Å². The summed E-state index contributed by atoms with van der Waals surface area (Å²) in [6.07, 6.45) is -0.749. The smallest absolute Gasteiger partial charge is 0.258 e. The normalized spacial score (nSPS) is 11.4. The Balaban J connectivity index is 2.67. The summed E-state index contributed by atoms with van der Waals surface area (Å²) in [5, 5.41) is 20.7. The maximum Gasteiger partial charge on any atom is 0.258 e. The number of carbonyl (C=O) groups excluding carboxylic acids is 1. The molecule has 0 aliphatic heterocycles. The highest BCUT2D eigenvalue weighted by molar-refractivity contribution is 6.30. The van der Waals surface area contributed by atoms with E-state index in [0.29, 0.717) is 16.3 Å². The fourth-order valence-electron chi connectivity index (χ4n) is 1.31. The van der Waals surface area contributed by atoms with E-state index in [9.17, 15) is 9.90 Å². The van der Waals surface area contributed by atoms with Crippen LogP contribution in [0.4, 0.5) is 0 Å². The Kier molecular flexibility index (Phi) is 5.43. The maximum atomic E-state index is 11.2. The van der Waals surface area contributed by atoms with Gasteiger partial charge in [-0.1, -0.05) is 11.6 Å². The number of aliphatic hydroxyl groups is 1. The summed E-state index contributed by atoms with van der Waals surface area (Å²) in [5.41, 5.74) is 0.510. The number of rotatable bonds is 5. The van der Waals surface area contributed by atoms with E-state index in [-0.39, 0.29) is 13.2 Å². The van der Waals surface area contributed by atoms with Crippen molar-refractivity contribution < 1.29 is 14.6 Å². The zero-order valence-corrected chi connectivity index (χ0v) is 10.6. The van der Waals surface area contributed by atoms with Gasteiger partial charge in [0, 0.05) is 10.6 Å². The zero-order valence-electron chi connectivity index (χ0n) is 9.81. The minimum absolute atomic E-state index is 0.0634. The average molecular weight is 269 g/mol. The summed E-state index contributed by atoms with van der Waals surface area (Å²) < 4.78 is 5.27. The molecule has 96 valence electrons. The Morgan fingerprint density at radius 3 is 3.00 bits per heavy atom. The predicted molar refractivity (Wildman–Crippen MR) is 66.2 cm³/mol. The number of nitriles is 1. The number of hydrogen-bond donors (Lipinski definition) is 2. The van der Waals surface area contributed by atoms with Gasteiger partial charge < -0.3 is 15.2 Å². The van der Waals surface area contributed by atoms with Gasteiger partial charge in [0.15, 0.2) is 6.61 Å². The van der Waals surface area contributed by atoms with E-state index in [4.69, 9.17) is 21.6 Å². The molecule has 0 saturated carbocycles. The van der Waals surface area contributed by atoms with E-state index < -0.39 is 12.0 Å². The zero-order chi connectivity index (χ0) is 13.5. The molecule has 0 spiro atoms. The van der Waals surface area contributed by atoms with Crippen LogP contribution < -0.4 is 10.1 Å². The number of carbonyl (C=O) groups is 1. The summed E-state index contributed by atoms with van der Waals surface area (Å²) in [7, 11) is 0. The van der Waals surface area contributed by atoms with Crippen LogP contribution in [0.3, 0.4) is 0 Å². The Hall–Kier alpha value is -1.77. The van der Waals surface area contributed by atoms with Gasteiger partial charge in [0.1, 0.15) is 12.3 Å². The first kappa shape index (κ1) is 14.3. The van der Waals surface area contributed by atoms with Crippen LogP contribution in [0.2, 0.25) is 5.02 Å². The fraction of sp³-hybridized carbons (Fsp3) is 0.333. The van der Waals surface area contributed by atoms with Crippen molar-refractivity contribution in [2.45, 2.75) is 13.0 Å². The third kappa shape index (κ3) is 4.24. The van der Waals surface area contributed by atoms with Crippen LogP contribution in [-0.2, 0) is 4.79 Å². The molecule has 5 nitrogen and oxygen atoms in total. The minimum Gasteiger partial charge on any atom is -0.483 e. The van der Waals surface area contributed by atoms with Gasteiger partial charge >= 0.3 is 0 Å². The van der Waals surface area contributed by atoms with Crippen molar-refractivity contribution in [1.29, 1.82) is 5.26 Å². The average Bonchev–Trinajstić information content (AvgIpc) is 2.34. The van der Waals surface area contributed by atoms with Crippen molar-refractivity contribution in [3.05, 3.63) is 28.8 Å². The van der Waals surface area contributed by atoms with Crippen LogP contribution >= 0.6 is 11.6 Å². The van der Waals surface area contributed by atoms with E-state index in [1.807, 2.05) is 0 Å². The Labute approximate surface area is 110 Å². The molecule has 0 fully saturated rings. The predicted octanol–water partition coefficient (Wildman–Crippen LogP) is 1.41. The van der Waals surface area contributed by atoms with Gasteiger partial charge in [-0.15, -0.1) is 0 Å². The van der Waals surface area contributed by atoms with Gasteiger partial charge in [-0.25, -0.2) is 0 Å². The lowest BCUT2D eigenvalue weighted by Crippen LogP contribution is -2.29. The number of amides is 1. The molecule has 1 atom stereocenters. The Morgan fingerprint density at radius 2 is 2.39 bits per heavy atom. The van der Waals surface area contributed by atoms with Crippen LogP contribution in [0.1, 0.15) is 18.6 Å². The van der Waals surface area contributed by atoms with Crippen molar-refractivity contribution in [1.82, 2.24) is 5.32 Å². The van der Waals surface area contributed by atoms with Gasteiger partial charge in [0.2, 0.25) is 0 Å². The topological polar surface area (TPSA) is 82.3 Å². The number of aliphatic hydroxyl groups excluding tert-OH is 1. The van der Waals surface area contributed by atoms with E-state index >= 15 is 0 Å². The second-order valence-electron chi connectivity index (χ2n) is 3.58. The van der Waals surface area contributed by atoms with Gasteiger partial charge in [0.25, 0.3) is 5.91 Å². The standard InChI is InChI=1S/C12H13ClN2O3/c1-8(16)10-6-9(13)2-3-11(10)18-7-12(17)15-5-4-14/h2-3,6,8,16H,5,7H2,1H3,(H,15,17). The SMILES string of the molecule is CC(O)c1cc(Cl)ccc1OCC(=O)NCC#N. The fourth-order valence-corrected chi connectivity index (χ4v) is 1.49. The summed E-state index contributed by atoms with van der Waals surface area (Å²) >= 11 is 5.81. The molecule has 0 saturated heterocycles. The lowest BCUT2D eigenvalue weighted by molar-refractivity contribution is -0.122. The van der Waals surface area contributed by atoms with Crippen molar-refractivity contribution in [3.8, 4) is 11.8 Å². The highest BCUT2D eigenvalue weighted by Crippen LogP contribution is 2.28. The van der Waals surface area contributed by atoms with Crippen LogP contribution in [-0.4, -0.2) is 24.2 Å². The van der Waals surface area contributed by atoms with Crippen molar-refractivity contribution in [2.75, 3.05) is 13.2 Å². The number of ether oxygens (including phenoxy) is 1. The van der Waals surface area contributed by atoms with Crippen molar-refractivity contribution in [2.24, 2.45) is 0 Å². The van der Waals surface area contributed by atoms with E-state index in [1.54, 1.807) is 31.2 Å². The molecule has 1 unspecified atom stereocenters. The second-order valence-corrected chi connectivity index (χ2v) is 4.02. The number of halogens is 1. The monoisotopic (exact) mass is 268 g/mol. The number of benzene rings is 1. The molecule has 1 aromatic carbocycles. The molecule has 1 rings (SSSR count). The molecule has 2 N–H and O–H groups in total. The second kappa shape index (κ2) is 6.84. The van der Waals surface area contributed by atoms with Crippen LogP contribution in [0.15, 0.2) is 18.2 Å². The summed E-state index contributed by atoms with van der Waals surface area (Å²) in [6, 6.07) is 6.56. The Bertz CT molecular complexity index is 469. The van der Waals surface area contributed by atoms with E-state index in [1.165, 1.54) is 0 Å². The van der Waals surface area contributed by atoms with Crippen LogP contribution in [0, 0.1) is 11.3 Å². The molecule has 0 radical (unpaired) electrons. The quantitative estimate of drug-likeness (QED) is 0.791. The molecule has 1 aromatic rings. The summed E-state index contributed by atoms with van der Waals surface area (Å²) in [5.74, 6) is -0.00968. The maximum absolute atomic E-state index is 11.2. The van der Waals surface area contributed by atoms with Crippen LogP contribution in [0.5, 0.6) is 5.75 Å². The first-order valence-corrected chi connectivity index (χ1v) is 5.66. The molecule has 0 bridgehead atoms. The Morgan fingerprint density at radius 1 is 1.67 bits per heavy atom. The first-order valence-electron chi connectivity index (χ1n) is 5.28. The molecule has 18 heavy (non-hydrogen) atoms. The number of nitrogens with zero attached hydrogens (tertiary/aromatic N) is 1. The third-order valence-corrected chi connectivity index (χ3v) is 2.38. The van der Waals surface area contributed by atoms with E-state index in [0.717, 1.165) is 0 Å². The first-order chi connectivity index (χ1) is 8.54. The van der Waals surface area contributed by atoms with Gasteiger partial charge in [0.05, 0.1) is 12.2 Å². The van der Waals surface area contributed by atoms with Crippen molar-refractivity contribution >= 4 is 17.5 Å². The summed E-state index contributed by atoms with van der Waals surface area (Å²) in [6.45, 7) is 1.30. The lowest BCUT2D eigenvalue weighted by Gasteiger charge is -2.13. The largest absolute Gasteiger partial charge is 0.483 e. The minimum atomic E-state index is -0.749. The number of nitrogens with one attached hydrogen (secondary N) is 1. The van der Waals surface area contributed by atoms with E-state index in [2.05, 4.69) is 5.32 Å². The van der Waals surface area contributed by atoms with Gasteiger partial charge in [-0.05, 0) is 25.1 Å². The van der Waals surface area contributed by atoms with Crippen molar-refractivity contribution in [3.63, 3.8) is 0 Å². The molecular formula is C12H13ClN2O3. The lowest BCUT2D eigenvalue weighted by atomic mass is 10.1. The molecule has 1 amide bonds. The van der Waals surface area contributed by atoms with Crippen LogP contribution in [0.25, 0.3) is 0 Å². The summed E-state index contributed by atoms with van der Waals surface area (Å²) in [4.78, 5) is 11.2. The molecule has 0 aliphatic rings. The number of hydrogen-bond acceptors (Lipinski definition) is 4. The third-order valence-electron chi connectivity index (χ3n) is 2.15. The molecule has 0 aliphatic carbocycles. The highest BCUT2D eigenvalue weighted by Gasteiger charge is 2.11. The molecule has 6 heteroatoms.